The molecule has 0 aliphatic carbocycles. The highest BCUT2D eigenvalue weighted by molar-refractivity contribution is 5.88. The van der Waals surface area contributed by atoms with Gasteiger partial charge < -0.3 is 14.3 Å². The first-order valence-electron chi connectivity index (χ1n) is 8.10. The zero-order valence-electron chi connectivity index (χ0n) is 14.1. The van der Waals surface area contributed by atoms with Gasteiger partial charge in [0.2, 0.25) is 5.89 Å². The number of ether oxygens (including phenoxy) is 1. The standard InChI is InChI=1S/C21H16N2O3/c1-25-18-9-5-8-15(20(18)24)13-22-16-10-11-17-19(12-16)26-21(23-17)14-6-3-2-4-7-14/h2-13,24H,1H3. The summed E-state index contributed by atoms with van der Waals surface area (Å²) in [5.41, 5.74) is 3.64. The molecule has 0 aliphatic rings. The Morgan fingerprint density at radius 1 is 1.04 bits per heavy atom. The molecule has 4 aromatic rings. The lowest BCUT2D eigenvalue weighted by molar-refractivity contribution is 0.373. The average Bonchev–Trinajstić information content (AvgIpc) is 3.11. The van der Waals surface area contributed by atoms with E-state index in [2.05, 4.69) is 9.98 Å². The molecular formula is C21H16N2O3. The summed E-state index contributed by atoms with van der Waals surface area (Å²) in [6.45, 7) is 0. The second-order valence-electron chi connectivity index (χ2n) is 5.69. The molecule has 1 N–H and O–H groups in total. The van der Waals surface area contributed by atoms with Crippen molar-refractivity contribution in [2.45, 2.75) is 0 Å². The van der Waals surface area contributed by atoms with Crippen LogP contribution in [0.4, 0.5) is 5.69 Å². The minimum atomic E-state index is 0.0610. The molecule has 1 aromatic heterocycles. The van der Waals surface area contributed by atoms with Crippen LogP contribution in [0.1, 0.15) is 5.56 Å². The Labute approximate surface area is 150 Å². The number of aromatic nitrogens is 1. The van der Waals surface area contributed by atoms with Gasteiger partial charge in [-0.05, 0) is 36.4 Å². The van der Waals surface area contributed by atoms with Crippen molar-refractivity contribution in [3.8, 4) is 23.0 Å². The number of phenolic OH excluding ortho intramolecular Hbond substituents is 1. The second kappa shape index (κ2) is 6.72. The van der Waals surface area contributed by atoms with E-state index in [1.165, 1.54) is 7.11 Å². The number of benzene rings is 3. The van der Waals surface area contributed by atoms with Gasteiger partial charge in [0.05, 0.1) is 12.8 Å². The van der Waals surface area contributed by atoms with Crippen LogP contribution in [0.5, 0.6) is 11.5 Å². The molecule has 0 unspecified atom stereocenters. The highest BCUT2D eigenvalue weighted by atomic mass is 16.5. The Morgan fingerprint density at radius 3 is 2.69 bits per heavy atom. The van der Waals surface area contributed by atoms with Gasteiger partial charge in [0.15, 0.2) is 17.1 Å². The molecule has 128 valence electrons. The molecule has 0 fully saturated rings. The van der Waals surface area contributed by atoms with Gasteiger partial charge in [-0.25, -0.2) is 4.98 Å². The van der Waals surface area contributed by atoms with Gasteiger partial charge in [-0.2, -0.15) is 0 Å². The van der Waals surface area contributed by atoms with Crippen LogP contribution < -0.4 is 4.74 Å². The molecule has 0 saturated heterocycles. The number of rotatable bonds is 4. The van der Waals surface area contributed by atoms with Crippen LogP contribution in [-0.4, -0.2) is 23.4 Å². The highest BCUT2D eigenvalue weighted by Gasteiger charge is 2.09. The Kier molecular flexibility index (Phi) is 4.11. The smallest absolute Gasteiger partial charge is 0.227 e. The number of oxazole rings is 1. The van der Waals surface area contributed by atoms with Crippen molar-refractivity contribution in [2.24, 2.45) is 4.99 Å². The number of aromatic hydroxyl groups is 1. The minimum Gasteiger partial charge on any atom is -0.504 e. The molecule has 0 bridgehead atoms. The fourth-order valence-corrected chi connectivity index (χ4v) is 2.65. The van der Waals surface area contributed by atoms with Crippen LogP contribution >= 0.6 is 0 Å². The predicted octanol–water partition coefficient (Wildman–Crippen LogP) is 4.96. The normalized spacial score (nSPS) is 11.3. The monoisotopic (exact) mass is 344 g/mol. The highest BCUT2D eigenvalue weighted by Crippen LogP contribution is 2.30. The summed E-state index contributed by atoms with van der Waals surface area (Å²) in [5.74, 6) is 1.05. The maximum atomic E-state index is 10.1. The summed E-state index contributed by atoms with van der Waals surface area (Å²) in [6.07, 6.45) is 1.59. The zero-order valence-corrected chi connectivity index (χ0v) is 14.1. The first-order chi connectivity index (χ1) is 12.7. The number of methoxy groups -OCH3 is 1. The molecule has 26 heavy (non-hydrogen) atoms. The molecular weight excluding hydrogens is 328 g/mol. The number of para-hydroxylation sites is 1. The summed E-state index contributed by atoms with van der Waals surface area (Å²) in [7, 11) is 1.51. The van der Waals surface area contributed by atoms with Crippen LogP contribution in [-0.2, 0) is 0 Å². The zero-order chi connectivity index (χ0) is 17.9. The molecule has 1 heterocycles. The first kappa shape index (κ1) is 15.9. The third kappa shape index (κ3) is 3.02. The molecule has 0 aliphatic heterocycles. The Balaban J connectivity index is 1.66. The number of aliphatic imine (C=N–C) groups is 1. The summed E-state index contributed by atoms with van der Waals surface area (Å²) in [5, 5.41) is 10.1. The lowest BCUT2D eigenvalue weighted by atomic mass is 10.2. The summed E-state index contributed by atoms with van der Waals surface area (Å²) in [6, 6.07) is 20.5. The van der Waals surface area contributed by atoms with Gasteiger partial charge in [0.25, 0.3) is 0 Å². The van der Waals surface area contributed by atoms with Crippen LogP contribution in [0, 0.1) is 0 Å². The van der Waals surface area contributed by atoms with E-state index in [1.54, 1.807) is 24.4 Å². The van der Waals surface area contributed by atoms with Crippen molar-refractivity contribution in [1.29, 1.82) is 0 Å². The molecule has 0 saturated carbocycles. The van der Waals surface area contributed by atoms with E-state index in [-0.39, 0.29) is 5.75 Å². The number of fused-ring (bicyclic) bond motifs is 1. The van der Waals surface area contributed by atoms with E-state index in [9.17, 15) is 5.11 Å². The van der Waals surface area contributed by atoms with E-state index in [0.717, 1.165) is 11.1 Å². The topological polar surface area (TPSA) is 67.9 Å². The summed E-state index contributed by atoms with van der Waals surface area (Å²) in [4.78, 5) is 8.92. The quantitative estimate of drug-likeness (QED) is 0.531. The number of nitrogens with zero attached hydrogens (tertiary/aromatic N) is 2. The lowest BCUT2D eigenvalue weighted by Crippen LogP contribution is -1.88. The van der Waals surface area contributed by atoms with E-state index in [0.29, 0.717) is 28.5 Å². The predicted molar refractivity (Wildman–Crippen MR) is 101 cm³/mol. The van der Waals surface area contributed by atoms with Crippen LogP contribution in [0.15, 0.2) is 76.1 Å². The SMILES string of the molecule is COc1cccc(C=Nc2ccc3nc(-c4ccccc4)oc3c2)c1O. The van der Waals surface area contributed by atoms with Crippen molar-refractivity contribution in [3.63, 3.8) is 0 Å². The van der Waals surface area contributed by atoms with Crippen molar-refractivity contribution >= 4 is 23.0 Å². The van der Waals surface area contributed by atoms with E-state index < -0.39 is 0 Å². The van der Waals surface area contributed by atoms with Crippen LogP contribution in [0.25, 0.3) is 22.6 Å². The minimum absolute atomic E-state index is 0.0610. The third-order valence-electron chi connectivity index (χ3n) is 4.00. The van der Waals surface area contributed by atoms with Crippen molar-refractivity contribution in [2.75, 3.05) is 7.11 Å². The summed E-state index contributed by atoms with van der Waals surface area (Å²) < 4.78 is 11.0. The van der Waals surface area contributed by atoms with Gasteiger partial charge in [-0.1, -0.05) is 24.3 Å². The lowest BCUT2D eigenvalue weighted by Gasteiger charge is -2.04. The molecule has 5 heteroatoms. The average molecular weight is 344 g/mol. The maximum absolute atomic E-state index is 10.1. The van der Waals surface area contributed by atoms with Gasteiger partial charge in [-0.3, -0.25) is 4.99 Å². The molecule has 3 aromatic carbocycles. The molecule has 4 rings (SSSR count). The number of phenols is 1. The van der Waals surface area contributed by atoms with Gasteiger partial charge >= 0.3 is 0 Å². The molecule has 5 nitrogen and oxygen atoms in total. The second-order valence-corrected chi connectivity index (χ2v) is 5.69. The maximum Gasteiger partial charge on any atom is 0.227 e. The molecule has 0 atom stereocenters. The third-order valence-corrected chi connectivity index (χ3v) is 4.00. The van der Waals surface area contributed by atoms with Crippen LogP contribution in [0.2, 0.25) is 0 Å². The van der Waals surface area contributed by atoms with Gasteiger partial charge in [0.1, 0.15) is 5.52 Å². The van der Waals surface area contributed by atoms with Crippen molar-refractivity contribution < 1.29 is 14.3 Å². The fraction of sp³-hybridized carbons (Fsp3) is 0.0476. The van der Waals surface area contributed by atoms with Gasteiger partial charge in [-0.15, -0.1) is 0 Å². The van der Waals surface area contributed by atoms with E-state index in [1.807, 2.05) is 48.5 Å². The Bertz CT molecular complexity index is 1090. The number of hydrogen-bond acceptors (Lipinski definition) is 5. The fourth-order valence-electron chi connectivity index (χ4n) is 2.65. The Morgan fingerprint density at radius 2 is 1.88 bits per heavy atom. The number of hydrogen-bond donors (Lipinski definition) is 1. The molecule has 0 spiro atoms. The largest absolute Gasteiger partial charge is 0.504 e. The molecule has 0 amide bonds. The van der Waals surface area contributed by atoms with E-state index in [4.69, 9.17) is 9.15 Å². The molecule has 0 radical (unpaired) electrons. The first-order valence-corrected chi connectivity index (χ1v) is 8.10. The van der Waals surface area contributed by atoms with Crippen molar-refractivity contribution in [1.82, 2.24) is 4.98 Å². The van der Waals surface area contributed by atoms with E-state index >= 15 is 0 Å². The van der Waals surface area contributed by atoms with Crippen LogP contribution in [0.3, 0.4) is 0 Å². The summed E-state index contributed by atoms with van der Waals surface area (Å²) >= 11 is 0. The van der Waals surface area contributed by atoms with Gasteiger partial charge in [0, 0.05) is 23.4 Å². The van der Waals surface area contributed by atoms with Crippen molar-refractivity contribution in [3.05, 3.63) is 72.3 Å². The Hall–Kier alpha value is -3.60.